The molecule has 354 valence electrons. The van der Waals surface area contributed by atoms with Gasteiger partial charge in [-0.05, 0) is 143 Å². The number of aryl methyl sites for hydroxylation is 1. The highest BCUT2D eigenvalue weighted by molar-refractivity contribution is 7.18. The normalized spacial score (nSPS) is 26.1. The van der Waals surface area contributed by atoms with Crippen molar-refractivity contribution in [1.82, 2.24) is 29.4 Å². The van der Waals surface area contributed by atoms with Crippen molar-refractivity contribution < 1.29 is 29.0 Å². The number of allylic oxidation sites excluding steroid dienone is 1. The van der Waals surface area contributed by atoms with Crippen molar-refractivity contribution in [1.29, 1.82) is 0 Å². The highest BCUT2D eigenvalue weighted by Gasteiger charge is 2.52. The zero-order valence-electron chi connectivity index (χ0n) is 39.3. The molecule has 1 spiro atoms. The molecule has 6 fully saturated rings. The number of imide groups is 1. The van der Waals surface area contributed by atoms with E-state index >= 15 is 0 Å². The predicted molar refractivity (Wildman–Crippen MR) is 259 cm³/mol. The van der Waals surface area contributed by atoms with Gasteiger partial charge in [-0.15, -0.1) is 11.3 Å². The molecule has 3 atom stereocenters. The Morgan fingerprint density at radius 3 is 2.57 bits per heavy atom. The number of aromatic nitrogens is 4. The Balaban J connectivity index is 0.620. The second kappa shape index (κ2) is 16.8. The van der Waals surface area contributed by atoms with Gasteiger partial charge in [-0.2, -0.15) is 5.10 Å². The molecule has 3 saturated heterocycles. The first-order chi connectivity index (χ1) is 32.8. The van der Waals surface area contributed by atoms with Crippen LogP contribution in [-0.4, -0.2) is 109 Å². The molecule has 1 N–H and O–H groups in total. The van der Waals surface area contributed by atoms with Crippen LogP contribution in [0.25, 0.3) is 15.9 Å². The number of morpholine rings is 1. The number of benzene rings is 2. The molecule has 14 heteroatoms. The van der Waals surface area contributed by atoms with Crippen LogP contribution in [0.1, 0.15) is 150 Å². The Morgan fingerprint density at radius 2 is 1.82 bits per heavy atom. The Kier molecular flexibility index (Phi) is 10.9. The molecule has 13 nitrogen and oxygen atoms in total. The Hall–Kier alpha value is -5.15. The minimum absolute atomic E-state index is 0.0776. The van der Waals surface area contributed by atoms with E-state index in [1.54, 1.807) is 42.0 Å². The van der Waals surface area contributed by atoms with Gasteiger partial charge in [0.25, 0.3) is 11.8 Å². The summed E-state index contributed by atoms with van der Waals surface area (Å²) in [6.45, 7) is 12.6. The largest absolute Gasteiger partial charge is 0.386 e. The molecule has 4 aliphatic heterocycles. The quantitative estimate of drug-likeness (QED) is 0.0691. The molecule has 68 heavy (non-hydrogen) atoms. The summed E-state index contributed by atoms with van der Waals surface area (Å²) in [6.07, 6.45) is 16.4. The minimum Gasteiger partial charge on any atom is -0.386 e. The fraction of sp³-hybridized carbons (Fsp3) is 0.537. The number of ether oxygens (including phenoxy) is 1. The van der Waals surface area contributed by atoms with Gasteiger partial charge < -0.3 is 19.6 Å². The van der Waals surface area contributed by atoms with Crippen LogP contribution in [0.15, 0.2) is 60.9 Å². The first-order valence-corrected chi connectivity index (χ1v) is 25.9. The molecule has 5 aromatic rings. The van der Waals surface area contributed by atoms with Gasteiger partial charge in [0.1, 0.15) is 5.82 Å². The zero-order chi connectivity index (χ0) is 46.6. The third-order valence-electron chi connectivity index (χ3n) is 16.7. The number of likely N-dealkylation sites (tertiary alicyclic amines) is 1. The molecule has 3 saturated carbocycles. The lowest BCUT2D eigenvalue weighted by Crippen LogP contribution is -2.62. The number of carbonyl (C=O) groups excluding carboxylic acids is 4. The number of hydrogen-bond acceptors (Lipinski definition) is 12. The molecule has 7 aliphatic rings. The summed E-state index contributed by atoms with van der Waals surface area (Å²) in [6, 6.07) is 11.3. The van der Waals surface area contributed by atoms with Gasteiger partial charge in [0.15, 0.2) is 17.2 Å². The number of aliphatic hydroxyl groups is 1. The molecule has 2 amide bonds. The molecule has 3 aliphatic carbocycles. The van der Waals surface area contributed by atoms with Gasteiger partial charge in [0, 0.05) is 51.1 Å². The predicted octanol–water partition coefficient (Wildman–Crippen LogP) is 8.25. The van der Waals surface area contributed by atoms with Crippen LogP contribution in [0.5, 0.6) is 0 Å². The SMILES string of the molecule is C=C1CCC(N2C(=O)c3cccc(CCCC4CC5(C4)CN(CC4CCC(c6nc7cc(C(C)(C)O)c(CC(=O)c8cnn9ccc(N%10C[C@H]%11C[C@@H]%10CO%11)nc89)cc7s6)CC4)C5)c3C2=O)C(=O)C1. The smallest absolute Gasteiger partial charge is 0.262 e. The van der Waals surface area contributed by atoms with Crippen molar-refractivity contribution in [3.63, 3.8) is 0 Å². The zero-order valence-corrected chi connectivity index (χ0v) is 40.1. The number of carbonyl (C=O) groups is 4. The fourth-order valence-corrected chi connectivity index (χ4v) is 14.6. The van der Waals surface area contributed by atoms with E-state index in [9.17, 15) is 24.3 Å². The molecule has 3 aromatic heterocycles. The maximum absolute atomic E-state index is 14.1. The van der Waals surface area contributed by atoms with E-state index in [2.05, 4.69) is 27.5 Å². The van der Waals surface area contributed by atoms with Crippen LogP contribution >= 0.6 is 11.3 Å². The molecule has 7 heterocycles. The highest BCUT2D eigenvalue weighted by atomic mass is 32.1. The lowest BCUT2D eigenvalue weighted by Gasteiger charge is -2.60. The first kappa shape index (κ1) is 44.1. The third kappa shape index (κ3) is 7.83. The van der Waals surface area contributed by atoms with Crippen LogP contribution in [0.3, 0.4) is 0 Å². The van der Waals surface area contributed by atoms with Crippen LogP contribution in [0.4, 0.5) is 5.82 Å². The summed E-state index contributed by atoms with van der Waals surface area (Å²) < 4.78 is 8.52. The number of rotatable bonds is 13. The van der Waals surface area contributed by atoms with E-state index < -0.39 is 11.6 Å². The van der Waals surface area contributed by atoms with Crippen molar-refractivity contribution in [2.24, 2.45) is 17.3 Å². The second-order valence-corrected chi connectivity index (χ2v) is 23.2. The van der Waals surface area contributed by atoms with Gasteiger partial charge >= 0.3 is 0 Å². The summed E-state index contributed by atoms with van der Waals surface area (Å²) in [7, 11) is 0. The van der Waals surface area contributed by atoms with Gasteiger partial charge in [0.05, 0.1) is 68.5 Å². The van der Waals surface area contributed by atoms with E-state index in [4.69, 9.17) is 14.7 Å². The highest BCUT2D eigenvalue weighted by Crippen LogP contribution is 2.54. The molecule has 2 aromatic carbocycles. The Bertz CT molecular complexity index is 2890. The Morgan fingerprint density at radius 1 is 1.00 bits per heavy atom. The molecule has 0 radical (unpaired) electrons. The van der Waals surface area contributed by atoms with Crippen molar-refractivity contribution in [2.45, 2.75) is 133 Å². The van der Waals surface area contributed by atoms with E-state index in [-0.39, 0.29) is 42.3 Å². The van der Waals surface area contributed by atoms with Crippen LogP contribution < -0.4 is 4.90 Å². The van der Waals surface area contributed by atoms with Crippen molar-refractivity contribution >= 4 is 56.4 Å². The number of thiazole rings is 1. The van der Waals surface area contributed by atoms with Crippen LogP contribution in [0, 0.1) is 17.3 Å². The van der Waals surface area contributed by atoms with Crippen LogP contribution in [0.2, 0.25) is 0 Å². The van der Waals surface area contributed by atoms with Gasteiger partial charge in [-0.3, -0.25) is 24.1 Å². The standard InChI is InChI=1S/C54H61N7O6S/c1-31-10-15-43(45(63)18-31)61-51(64)39-9-5-8-34(48(39)52(61)65)7-4-6-33-23-54(24-33)29-58(30-54)26-32-11-13-35(14-12-32)50-56-42-22-41(53(2,3)66)36(20-46(42)68-50)19-44(62)40-25-55-60-17-16-47(57-49(40)60)59-27-38-21-37(59)28-67-38/h5,8-9,16-17,20,22,25,32-33,35,37-38,43,66H,1,4,6-7,10-15,18-19,21,23-24,26-30H2,2-3H3/t32?,35?,37-,38-,43?/m1/s1. The summed E-state index contributed by atoms with van der Waals surface area (Å²) in [5, 5.41) is 17.0. The minimum atomic E-state index is -1.15. The van der Waals surface area contributed by atoms with Gasteiger partial charge in [0.2, 0.25) is 0 Å². The summed E-state index contributed by atoms with van der Waals surface area (Å²) in [4.78, 5) is 70.1. The average Bonchev–Trinajstić information content (AvgIpc) is 4.14. The van der Waals surface area contributed by atoms with Gasteiger partial charge in [-0.1, -0.05) is 30.7 Å². The molecular formula is C54H61N7O6S. The van der Waals surface area contributed by atoms with E-state index in [1.165, 1.54) is 50.2 Å². The maximum Gasteiger partial charge on any atom is 0.262 e. The molecule has 1 unspecified atom stereocenters. The second-order valence-electron chi connectivity index (χ2n) is 22.1. The topological polar surface area (TPSA) is 151 Å². The maximum atomic E-state index is 14.1. The monoisotopic (exact) mass is 935 g/mol. The first-order valence-electron chi connectivity index (χ1n) is 25.1. The van der Waals surface area contributed by atoms with Crippen molar-refractivity contribution in [2.75, 3.05) is 37.7 Å². The number of Topliss-reactive ketones (excluding diaryl/α,β-unsaturated/α-hetero) is 2. The lowest BCUT2D eigenvalue weighted by molar-refractivity contribution is -0.123. The molecule has 2 bridgehead atoms. The summed E-state index contributed by atoms with van der Waals surface area (Å²) >= 11 is 1.74. The lowest BCUT2D eigenvalue weighted by atomic mass is 9.56. The molecular weight excluding hydrogens is 875 g/mol. The van der Waals surface area contributed by atoms with E-state index in [0.717, 1.165) is 88.4 Å². The van der Waals surface area contributed by atoms with E-state index in [1.807, 2.05) is 30.5 Å². The molecule has 12 rings (SSSR count). The van der Waals surface area contributed by atoms with Crippen LogP contribution in [-0.2, 0) is 28.0 Å². The summed E-state index contributed by atoms with van der Waals surface area (Å²) in [5.74, 6) is 1.89. The number of anilines is 1. The van der Waals surface area contributed by atoms with E-state index in [0.29, 0.717) is 71.0 Å². The Labute approximate surface area is 400 Å². The number of amides is 2. The summed E-state index contributed by atoms with van der Waals surface area (Å²) in [5.41, 5.74) is 5.54. The average molecular weight is 936 g/mol. The number of nitrogens with zero attached hydrogens (tertiary/aromatic N) is 7. The number of fused-ring (bicyclic) bond motifs is 5. The van der Waals surface area contributed by atoms with Crippen molar-refractivity contribution in [3.05, 3.63) is 99.3 Å². The van der Waals surface area contributed by atoms with Gasteiger partial charge in [-0.25, -0.2) is 14.5 Å². The number of ketones is 2. The fourth-order valence-electron chi connectivity index (χ4n) is 13.4. The third-order valence-corrected chi connectivity index (χ3v) is 17.9. The van der Waals surface area contributed by atoms with Crippen molar-refractivity contribution in [3.8, 4) is 0 Å². The number of hydrogen-bond donors (Lipinski definition) is 1.